The lowest BCUT2D eigenvalue weighted by Crippen LogP contribution is -2.43. The van der Waals surface area contributed by atoms with E-state index >= 15 is 0 Å². The predicted molar refractivity (Wildman–Crippen MR) is 121 cm³/mol. The van der Waals surface area contributed by atoms with E-state index in [1.807, 2.05) is 0 Å². The summed E-state index contributed by atoms with van der Waals surface area (Å²) >= 11 is 0. The molecule has 1 aliphatic heterocycles. The molecule has 3 atom stereocenters. The molecular weight excluding hydrogens is 450 g/mol. The van der Waals surface area contributed by atoms with Gasteiger partial charge in [-0.3, -0.25) is 19.4 Å². The Bertz CT molecular complexity index is 1150. The van der Waals surface area contributed by atoms with Gasteiger partial charge in [0.1, 0.15) is 23.9 Å². The van der Waals surface area contributed by atoms with Crippen LogP contribution in [-0.2, 0) is 14.4 Å². The number of aromatic nitrogens is 2. The van der Waals surface area contributed by atoms with Crippen molar-refractivity contribution in [1.82, 2.24) is 15.3 Å². The van der Waals surface area contributed by atoms with Crippen molar-refractivity contribution in [3.05, 3.63) is 40.2 Å². The van der Waals surface area contributed by atoms with Gasteiger partial charge < -0.3 is 42.0 Å². The Kier molecular flexibility index (Phi) is 7.30. The normalized spacial score (nSPS) is 16.1. The van der Waals surface area contributed by atoms with Crippen LogP contribution in [0.4, 0.5) is 23.1 Å². The topological polar surface area (TPSA) is 229 Å². The van der Waals surface area contributed by atoms with E-state index in [0.717, 1.165) is 0 Å². The highest BCUT2D eigenvalue weighted by Gasteiger charge is 2.28. The van der Waals surface area contributed by atoms with E-state index in [-0.39, 0.29) is 29.5 Å². The zero-order valence-corrected chi connectivity index (χ0v) is 17.7. The molecule has 0 bridgehead atoms. The van der Waals surface area contributed by atoms with Crippen LogP contribution in [0.3, 0.4) is 0 Å². The number of nitrogens with two attached hydrogens (primary N) is 1. The van der Waals surface area contributed by atoms with Gasteiger partial charge in [-0.2, -0.15) is 4.98 Å². The first-order chi connectivity index (χ1) is 16.2. The van der Waals surface area contributed by atoms with E-state index in [2.05, 4.69) is 31.2 Å². The van der Waals surface area contributed by atoms with Crippen LogP contribution in [0.1, 0.15) is 16.8 Å². The molecule has 2 heterocycles. The Balaban J connectivity index is 1.56. The number of aromatic amines is 1. The Hall–Kier alpha value is -4.62. The van der Waals surface area contributed by atoms with Crippen LogP contribution in [0.5, 0.6) is 0 Å². The number of rotatable bonds is 10. The third-order valence-corrected chi connectivity index (χ3v) is 5.08. The largest absolute Gasteiger partial charge is 0.481 e. The highest BCUT2D eigenvalue weighted by atomic mass is 16.4. The summed E-state index contributed by atoms with van der Waals surface area (Å²) < 4.78 is 0. The number of nitrogen functional groups attached to an aromatic ring is 1. The summed E-state index contributed by atoms with van der Waals surface area (Å²) in [5, 5.41) is 29.7. The van der Waals surface area contributed by atoms with E-state index in [1.54, 1.807) is 12.1 Å². The number of carbonyl (C=O) groups is 4. The highest BCUT2D eigenvalue weighted by molar-refractivity contribution is 5.97. The fraction of sp³-hybridized carbons (Fsp3) is 0.300. The average molecular weight is 473 g/mol. The maximum absolute atomic E-state index is 12.4. The van der Waals surface area contributed by atoms with Crippen LogP contribution in [0.25, 0.3) is 0 Å². The SMILES string of the molecule is Nc1nc2c(c(=O)[nH]1)NC(CNc1ccc(C(=O)NC(CC(C=O)C(=O)O)C(=O)O)cc1)CN2. The van der Waals surface area contributed by atoms with Crippen LogP contribution in [-0.4, -0.2) is 69.5 Å². The molecule has 0 spiro atoms. The van der Waals surface area contributed by atoms with E-state index < -0.39 is 41.8 Å². The number of nitrogens with zero attached hydrogens (tertiary/aromatic N) is 1. The smallest absolute Gasteiger partial charge is 0.326 e. The monoisotopic (exact) mass is 473 g/mol. The molecule has 1 amide bonds. The van der Waals surface area contributed by atoms with E-state index in [0.29, 0.717) is 24.6 Å². The van der Waals surface area contributed by atoms with Crippen LogP contribution in [0, 0.1) is 5.92 Å². The molecule has 3 unspecified atom stereocenters. The van der Waals surface area contributed by atoms with E-state index in [4.69, 9.17) is 10.8 Å². The molecule has 9 N–H and O–H groups in total. The van der Waals surface area contributed by atoms with Gasteiger partial charge >= 0.3 is 11.9 Å². The molecule has 1 aromatic heterocycles. The number of hydrogen-bond acceptors (Lipinski definition) is 10. The van der Waals surface area contributed by atoms with Gasteiger partial charge in [-0.05, 0) is 30.7 Å². The van der Waals surface area contributed by atoms with Crippen LogP contribution in [0.2, 0.25) is 0 Å². The van der Waals surface area contributed by atoms with Gasteiger partial charge in [0.25, 0.3) is 11.5 Å². The molecule has 14 nitrogen and oxygen atoms in total. The molecule has 1 aromatic carbocycles. The summed E-state index contributed by atoms with van der Waals surface area (Å²) in [7, 11) is 0. The molecule has 0 aliphatic carbocycles. The van der Waals surface area contributed by atoms with E-state index in [1.165, 1.54) is 12.1 Å². The molecule has 0 saturated carbocycles. The highest BCUT2D eigenvalue weighted by Crippen LogP contribution is 2.20. The van der Waals surface area contributed by atoms with Gasteiger partial charge in [-0.1, -0.05) is 0 Å². The molecule has 34 heavy (non-hydrogen) atoms. The number of H-pyrrole nitrogens is 1. The summed E-state index contributed by atoms with van der Waals surface area (Å²) in [5.74, 6) is -4.82. The molecule has 0 radical (unpaired) electrons. The van der Waals surface area contributed by atoms with Crippen LogP contribution >= 0.6 is 0 Å². The number of hydrogen-bond donors (Lipinski definition) is 8. The average Bonchev–Trinajstić information content (AvgIpc) is 2.80. The number of carboxylic acids is 2. The number of aldehydes is 1. The zero-order chi connectivity index (χ0) is 24.8. The summed E-state index contributed by atoms with van der Waals surface area (Å²) in [5.41, 5.74) is 6.23. The van der Waals surface area contributed by atoms with Crippen molar-refractivity contribution in [2.45, 2.75) is 18.5 Å². The van der Waals surface area contributed by atoms with Crippen molar-refractivity contribution >= 4 is 47.3 Å². The third-order valence-electron chi connectivity index (χ3n) is 5.08. The number of fused-ring (bicyclic) bond motifs is 1. The van der Waals surface area contributed by atoms with Gasteiger partial charge in [0.15, 0.2) is 5.82 Å². The van der Waals surface area contributed by atoms with Gasteiger partial charge in [0, 0.05) is 24.3 Å². The molecule has 1 aliphatic rings. The summed E-state index contributed by atoms with van der Waals surface area (Å²) in [6, 6.07) is 4.44. The summed E-state index contributed by atoms with van der Waals surface area (Å²) in [6.07, 6.45) is -0.446. The summed E-state index contributed by atoms with van der Waals surface area (Å²) in [6.45, 7) is 0.899. The van der Waals surface area contributed by atoms with E-state index in [9.17, 15) is 29.1 Å². The first kappa shape index (κ1) is 24.0. The van der Waals surface area contributed by atoms with Crippen LogP contribution in [0.15, 0.2) is 29.1 Å². The lowest BCUT2D eigenvalue weighted by Gasteiger charge is -2.27. The quantitative estimate of drug-likeness (QED) is 0.156. The summed E-state index contributed by atoms with van der Waals surface area (Å²) in [4.78, 5) is 64.0. The Morgan fingerprint density at radius 3 is 2.53 bits per heavy atom. The third kappa shape index (κ3) is 5.79. The molecule has 180 valence electrons. The fourth-order valence-electron chi connectivity index (χ4n) is 3.26. The predicted octanol–water partition coefficient (Wildman–Crippen LogP) is -0.857. The van der Waals surface area contributed by atoms with Crippen molar-refractivity contribution in [2.75, 3.05) is 34.8 Å². The standard InChI is InChI=1S/C20H23N7O7/c21-20-26-15-14(17(30)27-20)24-12(7-23-15)6-22-11-3-1-9(2-4-11)16(29)25-13(19(33)34)5-10(8-28)18(31)32/h1-4,8,10,12-13,22,24H,5-7H2,(H,25,29)(H,31,32)(H,33,34)(H4,21,23,26,27,30). The first-order valence-corrected chi connectivity index (χ1v) is 10.1. The molecule has 3 rings (SSSR count). The number of aliphatic carboxylic acids is 2. The number of nitrogens with one attached hydrogen (secondary N) is 5. The Morgan fingerprint density at radius 1 is 1.21 bits per heavy atom. The maximum Gasteiger partial charge on any atom is 0.326 e. The first-order valence-electron chi connectivity index (χ1n) is 10.1. The number of carboxylic acid groups (broad SMARTS) is 2. The Labute approximate surface area is 192 Å². The van der Waals surface area contributed by atoms with Crippen LogP contribution < -0.4 is 32.6 Å². The number of amides is 1. The van der Waals surface area contributed by atoms with Crippen molar-refractivity contribution in [3.63, 3.8) is 0 Å². The zero-order valence-electron chi connectivity index (χ0n) is 17.7. The molecule has 0 fully saturated rings. The molecule has 0 saturated heterocycles. The fourth-order valence-corrected chi connectivity index (χ4v) is 3.26. The number of benzene rings is 1. The van der Waals surface area contributed by atoms with Gasteiger partial charge in [0.05, 0.1) is 6.04 Å². The maximum atomic E-state index is 12.4. The van der Waals surface area contributed by atoms with Crippen molar-refractivity contribution < 1.29 is 29.4 Å². The number of anilines is 4. The van der Waals surface area contributed by atoms with Gasteiger partial charge in [-0.15, -0.1) is 0 Å². The minimum atomic E-state index is -1.55. The van der Waals surface area contributed by atoms with Crippen molar-refractivity contribution in [2.24, 2.45) is 5.92 Å². The molecule has 2 aromatic rings. The van der Waals surface area contributed by atoms with Crippen molar-refractivity contribution in [1.29, 1.82) is 0 Å². The number of carbonyl (C=O) groups excluding carboxylic acids is 2. The lowest BCUT2D eigenvalue weighted by molar-refractivity contribution is -0.145. The Morgan fingerprint density at radius 2 is 1.91 bits per heavy atom. The molecule has 14 heteroatoms. The van der Waals surface area contributed by atoms with Crippen molar-refractivity contribution in [3.8, 4) is 0 Å². The van der Waals surface area contributed by atoms with Gasteiger partial charge in [0.2, 0.25) is 5.95 Å². The van der Waals surface area contributed by atoms with Gasteiger partial charge in [-0.25, -0.2) is 4.79 Å². The second kappa shape index (κ2) is 10.3. The molecular formula is C20H23N7O7. The lowest BCUT2D eigenvalue weighted by atomic mass is 10.0. The minimum Gasteiger partial charge on any atom is -0.481 e. The second-order valence-corrected chi connectivity index (χ2v) is 7.54. The second-order valence-electron chi connectivity index (χ2n) is 7.54. The minimum absolute atomic E-state index is 0.0128.